The number of nitrogens with zero attached hydrogens (tertiary/aromatic N) is 2. The fourth-order valence-electron chi connectivity index (χ4n) is 5.13. The number of hydrogen-bond acceptors (Lipinski definition) is 1. The molecule has 0 N–H and O–H groups in total. The molecule has 0 spiro atoms. The molecule has 0 saturated carbocycles. The van der Waals surface area contributed by atoms with Crippen LogP contribution in [-0.4, -0.2) is 9.13 Å². The number of hydrogen-bond donors (Lipinski definition) is 0. The fraction of sp³-hybridized carbons (Fsp3) is 0.233. The van der Waals surface area contributed by atoms with Crippen molar-refractivity contribution in [2.75, 3.05) is 0 Å². The number of rotatable bonds is 5. The van der Waals surface area contributed by atoms with Gasteiger partial charge in [-0.2, -0.15) is 26.3 Å². The molecule has 3 nitrogen and oxygen atoms in total. The van der Waals surface area contributed by atoms with Crippen molar-refractivity contribution in [3.63, 3.8) is 0 Å². The topological polar surface area (TPSA) is 26.9 Å². The van der Waals surface area contributed by atoms with E-state index in [9.17, 15) is 31.1 Å². The third kappa shape index (κ3) is 4.60. The van der Waals surface area contributed by atoms with E-state index in [4.69, 9.17) is 0 Å². The summed E-state index contributed by atoms with van der Waals surface area (Å²) in [5.41, 5.74) is 0.791. The Labute approximate surface area is 219 Å². The van der Waals surface area contributed by atoms with Crippen LogP contribution < -0.4 is 5.56 Å². The maximum Gasteiger partial charge on any atom is 0.416 e. The van der Waals surface area contributed by atoms with Crippen LogP contribution in [0.5, 0.6) is 0 Å². The summed E-state index contributed by atoms with van der Waals surface area (Å²) in [7, 11) is 1.75. The van der Waals surface area contributed by atoms with Gasteiger partial charge in [-0.1, -0.05) is 55.8 Å². The molecule has 0 fully saturated rings. The van der Waals surface area contributed by atoms with Gasteiger partial charge in [0.15, 0.2) is 0 Å². The van der Waals surface area contributed by atoms with Crippen LogP contribution in [0.2, 0.25) is 0 Å². The van der Waals surface area contributed by atoms with Crippen LogP contribution in [0.3, 0.4) is 0 Å². The van der Waals surface area contributed by atoms with Crippen LogP contribution >= 0.6 is 0 Å². The monoisotopic (exact) mass is 542 g/mol. The SMILES string of the molecule is CCCCn1c(-c2ccc(C(F)(F)F)cc2)c(-c2ccc(C(F)(F)F)cc2)c2c3ccccc3n(C)c2c1=O. The second kappa shape index (κ2) is 9.63. The largest absolute Gasteiger partial charge is 0.416 e. The number of halogens is 6. The Balaban J connectivity index is 1.95. The van der Waals surface area contributed by atoms with Crippen molar-refractivity contribution in [3.05, 3.63) is 94.3 Å². The van der Waals surface area contributed by atoms with E-state index in [1.807, 2.05) is 25.1 Å². The summed E-state index contributed by atoms with van der Waals surface area (Å²) < 4.78 is 83.5. The van der Waals surface area contributed by atoms with E-state index in [-0.39, 0.29) is 12.1 Å². The number of fused-ring (bicyclic) bond motifs is 3. The van der Waals surface area contributed by atoms with Crippen molar-refractivity contribution in [2.24, 2.45) is 7.05 Å². The van der Waals surface area contributed by atoms with Crippen LogP contribution in [0.4, 0.5) is 26.3 Å². The van der Waals surface area contributed by atoms with Gasteiger partial charge >= 0.3 is 12.4 Å². The molecule has 9 heteroatoms. The highest BCUT2D eigenvalue weighted by molar-refractivity contribution is 6.17. The highest BCUT2D eigenvalue weighted by Gasteiger charge is 2.32. The van der Waals surface area contributed by atoms with Gasteiger partial charge < -0.3 is 9.13 Å². The quantitative estimate of drug-likeness (QED) is 0.204. The Morgan fingerprint density at radius 2 is 1.28 bits per heavy atom. The molecule has 3 aromatic carbocycles. The zero-order chi connectivity index (χ0) is 28.1. The minimum atomic E-state index is -4.55. The Morgan fingerprint density at radius 3 is 1.82 bits per heavy atom. The molecular weight excluding hydrogens is 518 g/mol. The summed E-state index contributed by atoms with van der Waals surface area (Å²) in [6.07, 6.45) is -7.71. The molecule has 5 rings (SSSR count). The molecule has 2 aromatic heterocycles. The van der Waals surface area contributed by atoms with Gasteiger partial charge in [-0.25, -0.2) is 0 Å². The smallest absolute Gasteiger partial charge is 0.339 e. The number of unbranched alkanes of at least 4 members (excludes halogenated alkanes) is 1. The second-order valence-corrected chi connectivity index (χ2v) is 9.48. The van der Waals surface area contributed by atoms with Crippen molar-refractivity contribution in [2.45, 2.75) is 38.7 Å². The number of alkyl halides is 6. The third-order valence-corrected chi connectivity index (χ3v) is 7.03. The standard InChI is InChI=1S/C30H24F6N2O/c1-3-4-17-38-26(19-11-15-21(16-12-19)30(34,35)36)24(18-9-13-20(14-10-18)29(31,32)33)25-22-7-5-6-8-23(22)37(2)27(25)28(38)39/h5-16H,3-4,17H2,1-2H3. The van der Waals surface area contributed by atoms with Crippen molar-refractivity contribution in [3.8, 4) is 22.4 Å². The molecule has 0 aliphatic rings. The number of para-hydroxylation sites is 1. The zero-order valence-electron chi connectivity index (χ0n) is 21.1. The molecule has 0 atom stereocenters. The van der Waals surface area contributed by atoms with Gasteiger partial charge in [0, 0.05) is 35.4 Å². The molecule has 0 bridgehead atoms. The van der Waals surface area contributed by atoms with Crippen LogP contribution in [-0.2, 0) is 25.9 Å². The van der Waals surface area contributed by atoms with Crippen molar-refractivity contribution < 1.29 is 26.3 Å². The third-order valence-electron chi connectivity index (χ3n) is 7.03. The predicted molar refractivity (Wildman–Crippen MR) is 140 cm³/mol. The highest BCUT2D eigenvalue weighted by Crippen LogP contribution is 2.42. The van der Waals surface area contributed by atoms with Crippen LogP contribution in [0, 0.1) is 0 Å². The summed E-state index contributed by atoms with van der Waals surface area (Å²) in [6, 6.07) is 16.5. The number of aryl methyl sites for hydroxylation is 1. The first-order valence-corrected chi connectivity index (χ1v) is 12.4. The Morgan fingerprint density at radius 1 is 0.744 bits per heavy atom. The molecule has 202 valence electrons. The average molecular weight is 543 g/mol. The van der Waals surface area contributed by atoms with Crippen molar-refractivity contribution in [1.82, 2.24) is 9.13 Å². The lowest BCUT2D eigenvalue weighted by Gasteiger charge is -2.20. The van der Waals surface area contributed by atoms with Gasteiger partial charge in [-0.3, -0.25) is 4.79 Å². The summed E-state index contributed by atoms with van der Waals surface area (Å²) in [5.74, 6) is 0. The van der Waals surface area contributed by atoms with Crippen molar-refractivity contribution in [1.29, 1.82) is 0 Å². The molecule has 0 amide bonds. The van der Waals surface area contributed by atoms with E-state index in [0.29, 0.717) is 39.7 Å². The van der Waals surface area contributed by atoms with Gasteiger partial charge in [-0.15, -0.1) is 0 Å². The maximum absolute atomic E-state index is 14.0. The molecule has 0 unspecified atom stereocenters. The summed E-state index contributed by atoms with van der Waals surface area (Å²) in [6.45, 7) is 2.24. The molecule has 2 heterocycles. The normalized spacial score (nSPS) is 12.5. The summed E-state index contributed by atoms with van der Waals surface area (Å²) >= 11 is 0. The van der Waals surface area contributed by atoms with E-state index in [1.165, 1.54) is 24.3 Å². The van der Waals surface area contributed by atoms with Gasteiger partial charge in [0.25, 0.3) is 5.56 Å². The first-order valence-electron chi connectivity index (χ1n) is 12.4. The minimum absolute atomic E-state index is 0.288. The van der Waals surface area contributed by atoms with Gasteiger partial charge in [0.2, 0.25) is 0 Å². The minimum Gasteiger partial charge on any atom is -0.339 e. The van der Waals surface area contributed by atoms with Gasteiger partial charge in [0.05, 0.1) is 16.8 Å². The maximum atomic E-state index is 14.0. The molecule has 5 aromatic rings. The van der Waals surface area contributed by atoms with Crippen molar-refractivity contribution >= 4 is 21.8 Å². The lowest BCUT2D eigenvalue weighted by molar-refractivity contribution is -0.138. The molecule has 0 aliphatic carbocycles. The van der Waals surface area contributed by atoms with E-state index in [2.05, 4.69) is 0 Å². The van der Waals surface area contributed by atoms with E-state index >= 15 is 0 Å². The lowest BCUT2D eigenvalue weighted by Crippen LogP contribution is -2.24. The predicted octanol–water partition coefficient (Wildman–Crippen LogP) is 8.66. The Bertz CT molecular complexity index is 1720. The van der Waals surface area contributed by atoms with E-state index in [1.54, 1.807) is 22.2 Å². The molecule has 0 radical (unpaired) electrons. The van der Waals surface area contributed by atoms with E-state index in [0.717, 1.165) is 41.6 Å². The average Bonchev–Trinajstić information content (AvgIpc) is 3.20. The van der Waals surface area contributed by atoms with Crippen LogP contribution in [0.15, 0.2) is 77.6 Å². The highest BCUT2D eigenvalue weighted by atomic mass is 19.4. The molecule has 0 aliphatic heterocycles. The zero-order valence-corrected chi connectivity index (χ0v) is 21.1. The van der Waals surface area contributed by atoms with Crippen LogP contribution in [0.25, 0.3) is 44.2 Å². The second-order valence-electron chi connectivity index (χ2n) is 9.48. The first-order chi connectivity index (χ1) is 18.4. The Hall–Kier alpha value is -4.01. The van der Waals surface area contributed by atoms with Gasteiger partial charge in [-0.05, 0) is 47.9 Å². The lowest BCUT2D eigenvalue weighted by atomic mass is 9.93. The summed E-state index contributed by atoms with van der Waals surface area (Å²) in [4.78, 5) is 14.0. The number of benzene rings is 3. The molecule has 0 saturated heterocycles. The Kier molecular flexibility index (Phi) is 6.56. The number of aromatic nitrogens is 2. The molecule has 39 heavy (non-hydrogen) atoms. The summed E-state index contributed by atoms with van der Waals surface area (Å²) in [5, 5.41) is 1.26. The van der Waals surface area contributed by atoms with Gasteiger partial charge in [0.1, 0.15) is 5.52 Å². The molecular formula is C30H24F6N2O. The van der Waals surface area contributed by atoms with E-state index < -0.39 is 23.5 Å². The first kappa shape index (κ1) is 26.6. The number of pyridine rings is 1. The fourth-order valence-corrected chi connectivity index (χ4v) is 5.13. The van der Waals surface area contributed by atoms with Crippen LogP contribution in [0.1, 0.15) is 30.9 Å².